The highest BCUT2D eigenvalue weighted by Gasteiger charge is 2.56. The Morgan fingerprint density at radius 2 is 0.917 bits per heavy atom. The van der Waals surface area contributed by atoms with E-state index in [9.17, 15) is 60.9 Å². The van der Waals surface area contributed by atoms with Crippen LogP contribution in [0.3, 0.4) is 0 Å². The van der Waals surface area contributed by atoms with Gasteiger partial charge in [0.1, 0.15) is 33.0 Å². The molecule has 7 aromatic rings. The molecule has 15 fully saturated rings. The van der Waals surface area contributed by atoms with Gasteiger partial charge in [0.15, 0.2) is 0 Å². The molecule has 3 saturated carbocycles. The van der Waals surface area contributed by atoms with Gasteiger partial charge in [0.2, 0.25) is 57.8 Å². The molecule has 6 aromatic carbocycles. The van der Waals surface area contributed by atoms with Gasteiger partial charge in [0, 0.05) is 181 Å². The first-order chi connectivity index (χ1) is 69.3. The molecule has 23 rings (SSSR count). The van der Waals surface area contributed by atoms with Gasteiger partial charge >= 0.3 is 0 Å². The summed E-state index contributed by atoms with van der Waals surface area (Å²) >= 11 is 1.27. The van der Waals surface area contributed by atoms with E-state index in [0.29, 0.717) is 156 Å². The normalized spacial score (nSPS) is 24.4. The molecule has 792 valence electrons. The lowest BCUT2D eigenvalue weighted by Crippen LogP contribution is -2.67. The quantitative estimate of drug-likeness (QED) is 0.0473. The summed E-state index contributed by atoms with van der Waals surface area (Å²) in [7, 11) is -16.0. The van der Waals surface area contributed by atoms with E-state index in [4.69, 9.17) is 18.9 Å². The summed E-state index contributed by atoms with van der Waals surface area (Å²) in [6.07, 6.45) is 25.5. The van der Waals surface area contributed by atoms with Crippen molar-refractivity contribution in [1.82, 2.24) is 72.6 Å². The van der Waals surface area contributed by atoms with Crippen molar-refractivity contribution in [2.75, 3.05) is 158 Å². The van der Waals surface area contributed by atoms with Crippen LogP contribution < -0.4 is 31.3 Å². The fourth-order valence-electron chi connectivity index (χ4n) is 23.7. The van der Waals surface area contributed by atoms with Crippen molar-refractivity contribution < 1.29 is 79.8 Å². The first-order valence-electron chi connectivity index (χ1n) is 52.1. The number of sulfonamides is 5. The lowest BCUT2D eigenvalue weighted by Gasteiger charge is -2.47. The minimum absolute atomic E-state index is 0. The number of fused-ring (bicyclic) bond motifs is 1. The number of methoxy groups -OCH3 is 1. The Labute approximate surface area is 862 Å². The Balaban J connectivity index is 0.000000120. The predicted octanol–water partition coefficient (Wildman–Crippen LogP) is 11.2. The molecule has 1 atom stereocenters. The molecular weight excluding hydrogens is 1970 g/mol. The van der Waals surface area contributed by atoms with E-state index in [1.54, 1.807) is 98.2 Å². The van der Waals surface area contributed by atoms with Crippen LogP contribution in [0.2, 0.25) is 0 Å². The van der Waals surface area contributed by atoms with E-state index in [-0.39, 0.29) is 46.3 Å². The molecule has 1 aromatic heterocycles. The number of hydrogen-bond acceptors (Lipinski definition) is 25. The number of rotatable bonds is 20. The number of piperidine rings is 6. The zero-order valence-electron chi connectivity index (χ0n) is 83.1. The van der Waals surface area contributed by atoms with E-state index in [1.165, 1.54) is 125 Å². The van der Waals surface area contributed by atoms with E-state index in [2.05, 4.69) is 113 Å². The number of carbonyl (C=O) groups is 3. The smallest absolute Gasteiger partial charge is 0.252 e. The van der Waals surface area contributed by atoms with E-state index >= 15 is 0 Å². The van der Waals surface area contributed by atoms with Crippen molar-refractivity contribution >= 4 is 79.2 Å². The molecular formula is C106H148FN15O17S6. The molecule has 1 unspecified atom stereocenters. The molecule has 0 radical (unpaired) electrons. The van der Waals surface area contributed by atoms with Gasteiger partial charge in [-0.15, -0.1) is 11.3 Å². The number of benzene rings is 6. The van der Waals surface area contributed by atoms with Crippen LogP contribution >= 0.6 is 11.3 Å². The molecule has 0 bridgehead atoms. The molecule has 5 N–H and O–H groups in total. The van der Waals surface area contributed by atoms with E-state index in [1.807, 2.05) is 18.2 Å². The Kier molecular flexibility index (Phi) is 34.9. The lowest BCUT2D eigenvalue weighted by molar-refractivity contribution is -0.126. The van der Waals surface area contributed by atoms with Gasteiger partial charge in [0.25, 0.3) is 10.0 Å². The van der Waals surface area contributed by atoms with Crippen LogP contribution in [-0.2, 0) is 105 Å². The number of ether oxygens (including phenoxy) is 4. The molecule has 12 saturated heterocycles. The Morgan fingerprint density at radius 1 is 0.421 bits per heavy atom. The fraction of sp³-hybridized carbons (Fsp3) is 0.594. The van der Waals surface area contributed by atoms with Gasteiger partial charge in [-0.05, 0) is 221 Å². The van der Waals surface area contributed by atoms with Crippen molar-refractivity contribution in [1.29, 1.82) is 0 Å². The first kappa shape index (κ1) is 109. The monoisotopic (exact) mass is 2110 g/mol. The van der Waals surface area contributed by atoms with Crippen LogP contribution in [0.5, 0.6) is 5.75 Å². The number of nitrogens with zero attached hydrogens (tertiary/aromatic N) is 10. The third kappa shape index (κ3) is 25.2. The van der Waals surface area contributed by atoms with Crippen molar-refractivity contribution in [2.45, 2.75) is 258 Å². The maximum absolute atomic E-state index is 13.2. The van der Waals surface area contributed by atoms with Crippen LogP contribution in [-0.4, -0.2) is 310 Å². The second-order valence-electron chi connectivity index (χ2n) is 41.5. The molecule has 39 heteroatoms. The summed E-state index contributed by atoms with van der Waals surface area (Å²) in [5.74, 6) is 2.16. The summed E-state index contributed by atoms with van der Waals surface area (Å²) in [5.41, 5.74) is 2.58. The van der Waals surface area contributed by atoms with E-state index < -0.39 is 78.7 Å². The molecule has 13 heterocycles. The third-order valence-electron chi connectivity index (χ3n) is 32.4. The molecule has 6 spiro atoms. The number of likely N-dealkylation sites (tertiary alicyclic amines) is 3. The zero-order valence-corrected chi connectivity index (χ0v) is 88.0. The molecule has 32 nitrogen and oxygen atoms in total. The Bertz CT molecular complexity index is 6090. The summed E-state index contributed by atoms with van der Waals surface area (Å²) in [6, 6.07) is 50.9. The van der Waals surface area contributed by atoms with Gasteiger partial charge in [-0.1, -0.05) is 125 Å². The van der Waals surface area contributed by atoms with Gasteiger partial charge in [-0.2, -0.15) is 21.5 Å². The van der Waals surface area contributed by atoms with Crippen molar-refractivity contribution in [3.63, 3.8) is 0 Å². The number of nitrogens with one attached hydrogen (secondary N) is 5. The number of aryl methyl sites for hydroxylation is 2. The SMILES string of the molecule is C.CCc1ccc(S(=O)(=O)N2CCOC23CCN(CC2CC2)CC3)cc1.COc1ccc(S(=O)(=O)N2CCC3(CC2)NCCC(=O)N3)cc1.O=C1CN(C2CCc3ccccc3C2)C2(CCN(S(=O)(=O)c3ccccc3)CC2)N1.O=C1CN(Cc2ccccc2)C2(CCN(C3CCCCC3)CC2)N1.O=S(=O)(c1ccc(F)cc1)N1CCOC12CCN(CC1CC1)CC2.O=S(=O)(c1cccs1)N1CCC2(CC1)NCCO2. The molecule has 3 amide bonds. The zero-order chi connectivity index (χ0) is 101. The Hall–Kier alpha value is -7.69. The predicted molar refractivity (Wildman–Crippen MR) is 554 cm³/mol. The summed E-state index contributed by atoms with van der Waals surface area (Å²) in [5, 5.41) is 18.0. The van der Waals surface area contributed by atoms with E-state index in [0.717, 1.165) is 153 Å². The van der Waals surface area contributed by atoms with Crippen molar-refractivity contribution in [3.8, 4) is 5.75 Å². The number of thiophene rings is 1. The molecule has 16 aliphatic rings. The van der Waals surface area contributed by atoms with Crippen LogP contribution in [0.15, 0.2) is 199 Å². The number of halogens is 1. The topological polar surface area (TPSA) is 351 Å². The number of carbonyl (C=O) groups excluding carboxylic acids is 3. The molecule has 145 heavy (non-hydrogen) atoms. The number of amides is 3. The average molecular weight is 2120 g/mol. The highest BCUT2D eigenvalue weighted by Crippen LogP contribution is 2.45. The second kappa shape index (κ2) is 46.6. The van der Waals surface area contributed by atoms with Gasteiger partial charge in [0.05, 0.1) is 76.6 Å². The van der Waals surface area contributed by atoms with Crippen LogP contribution in [0.4, 0.5) is 4.39 Å². The summed E-state index contributed by atoms with van der Waals surface area (Å²) < 4.78 is 172. The average Bonchev–Trinajstić information content (AvgIpc) is 1.61. The summed E-state index contributed by atoms with van der Waals surface area (Å²) in [4.78, 5) is 49.6. The third-order valence-corrected chi connectivity index (χ3v) is 43.5. The number of hydrogen-bond donors (Lipinski definition) is 5. The molecule has 4 aliphatic carbocycles. The fourth-order valence-corrected chi connectivity index (χ4v) is 32.7. The molecule has 12 aliphatic heterocycles. The minimum atomic E-state index is -3.67. The largest absolute Gasteiger partial charge is 0.497 e. The highest BCUT2D eigenvalue weighted by molar-refractivity contribution is 7.91. The van der Waals surface area contributed by atoms with Crippen molar-refractivity contribution in [3.05, 3.63) is 203 Å². The second-order valence-corrected chi connectivity index (χ2v) is 52.2. The van der Waals surface area contributed by atoms with Gasteiger partial charge < -0.3 is 49.6 Å². The van der Waals surface area contributed by atoms with Crippen LogP contribution in [0, 0.1) is 17.7 Å². The van der Waals surface area contributed by atoms with Crippen molar-refractivity contribution in [2.24, 2.45) is 11.8 Å². The van der Waals surface area contributed by atoms with Crippen LogP contribution in [0.1, 0.15) is 184 Å². The van der Waals surface area contributed by atoms with Gasteiger partial charge in [-0.3, -0.25) is 34.8 Å². The van der Waals surface area contributed by atoms with Crippen LogP contribution in [0.25, 0.3) is 0 Å². The standard InChI is InChI=1S/C23H27N3O3S.C20H29N3O.C19H28N2O3S.C17H23FN2O3S.C15H21N3O4S.C11H16N2O3S2.CH4/c27-22-17-26(20-11-10-18-6-4-5-7-19(18)16-20)23(24-22)12-14-25(15-13-23)30(28,29)21-8-2-1-3-9-21;24-19-16-23(15-17-7-3-1-4-8-17)20(21-19)11-13-22(14-12-20)18-9-5-2-6-10-18;1-2-16-5-7-18(8-6-16)25(22,23)21-13-14-24-19(21)9-11-20(12-10-19)15-17-3-4-17;18-15-3-5-16(6-4-15)24(21,22)20-11-12-23-17(20)7-9-19(10-8-17)13-14-1-2-14;1-22-12-2-4-13(5-3-12)23(20,21)18-10-7-15(8-11-18)16-9-6-14(19)17-15;14-18(15,10-2-1-9-17-10)13-6-3-11(4-7-13)12-5-8-16-11;/h1-9,20H,10-17H2,(H,24,27);1,3-4,7-8,18H,2,5-6,9-16H2,(H,21,24);5-8,17H,2-4,9-15H2,1H3;3-6,14H,1-2,7-13H2;2-5,16H,6-11H2,1H3,(H,17,19);1-2,9,12H,3-8H2;1H4. The highest BCUT2D eigenvalue weighted by atomic mass is 32.2. The maximum atomic E-state index is 13.2. The minimum Gasteiger partial charge on any atom is -0.497 e. The Morgan fingerprint density at radius 3 is 1.45 bits per heavy atom. The maximum Gasteiger partial charge on any atom is 0.252 e. The first-order valence-corrected chi connectivity index (χ1v) is 60.2. The van der Waals surface area contributed by atoms with Gasteiger partial charge in [-0.25, -0.2) is 46.5 Å². The summed E-state index contributed by atoms with van der Waals surface area (Å²) in [6.45, 7) is 18.6. The lowest BCUT2D eigenvalue weighted by atomic mass is 9.85.